The van der Waals surface area contributed by atoms with Crippen molar-refractivity contribution in [3.63, 3.8) is 0 Å². The third-order valence-electron chi connectivity index (χ3n) is 3.85. The van der Waals surface area contributed by atoms with Gasteiger partial charge >= 0.3 is 18.0 Å². The van der Waals surface area contributed by atoms with E-state index >= 15 is 0 Å². The molecule has 0 spiro atoms. The number of alkyl carbamates (subject to hydrolysis) is 1. The third-order valence-corrected chi connectivity index (χ3v) is 3.85. The number of hydrogen-bond donors (Lipinski definition) is 1. The summed E-state index contributed by atoms with van der Waals surface area (Å²) in [6.45, 7) is 0.928. The van der Waals surface area contributed by atoms with Gasteiger partial charge < -0.3 is 19.5 Å². The molecule has 0 saturated heterocycles. The molecule has 0 aliphatic heterocycles. The van der Waals surface area contributed by atoms with E-state index in [-0.39, 0.29) is 24.3 Å². The van der Waals surface area contributed by atoms with Crippen LogP contribution >= 0.6 is 0 Å². The van der Waals surface area contributed by atoms with Crippen LogP contribution in [0.4, 0.5) is 18.0 Å². The summed E-state index contributed by atoms with van der Waals surface area (Å²) in [6.07, 6.45) is -3.39. The highest BCUT2D eigenvalue weighted by Gasteiger charge is 2.53. The molecule has 9 heteroatoms. The van der Waals surface area contributed by atoms with Gasteiger partial charge in [0.25, 0.3) is 0 Å². The zero-order chi connectivity index (χ0) is 21.4. The standard InChI is InChI=1S/C20H20F3NO5/c1-3-27-18(25)20(22,23)17(29-19(26)24-2)16-7-5-4-6-13(16)12-28-15-10-8-14(21)9-11-15/h4-11,17H,3,12H2,1-2H3,(H,24,26). The maximum absolute atomic E-state index is 14.8. The Morgan fingerprint density at radius 3 is 2.38 bits per heavy atom. The molecule has 0 heterocycles. The van der Waals surface area contributed by atoms with Crippen LogP contribution < -0.4 is 10.1 Å². The van der Waals surface area contributed by atoms with E-state index < -0.39 is 29.9 Å². The van der Waals surface area contributed by atoms with Gasteiger partial charge in [0.05, 0.1) is 6.61 Å². The van der Waals surface area contributed by atoms with E-state index in [1.54, 1.807) is 6.07 Å². The van der Waals surface area contributed by atoms with E-state index in [0.29, 0.717) is 5.75 Å². The second kappa shape index (κ2) is 9.81. The van der Waals surface area contributed by atoms with E-state index in [4.69, 9.17) is 9.47 Å². The molecule has 29 heavy (non-hydrogen) atoms. The quantitative estimate of drug-likeness (QED) is 0.665. The Bertz CT molecular complexity index is 842. The minimum atomic E-state index is -4.14. The van der Waals surface area contributed by atoms with Crippen molar-refractivity contribution in [2.45, 2.75) is 25.6 Å². The van der Waals surface area contributed by atoms with E-state index in [0.717, 1.165) is 0 Å². The summed E-state index contributed by atoms with van der Waals surface area (Å²) >= 11 is 0. The first-order valence-corrected chi connectivity index (χ1v) is 8.69. The molecule has 1 atom stereocenters. The lowest BCUT2D eigenvalue weighted by molar-refractivity contribution is -0.189. The molecular weight excluding hydrogens is 391 g/mol. The number of benzene rings is 2. The van der Waals surface area contributed by atoms with Gasteiger partial charge in [-0.3, -0.25) is 0 Å². The van der Waals surface area contributed by atoms with Gasteiger partial charge in [0.1, 0.15) is 18.2 Å². The van der Waals surface area contributed by atoms with Crippen molar-refractivity contribution in [2.75, 3.05) is 13.7 Å². The normalized spacial score (nSPS) is 12.0. The second-order valence-electron chi connectivity index (χ2n) is 5.82. The predicted molar refractivity (Wildman–Crippen MR) is 97.0 cm³/mol. The number of alkyl halides is 2. The Kier molecular flexibility index (Phi) is 7.46. The highest BCUT2D eigenvalue weighted by Crippen LogP contribution is 2.38. The van der Waals surface area contributed by atoms with Gasteiger partial charge in [-0.25, -0.2) is 14.0 Å². The van der Waals surface area contributed by atoms with Crippen molar-refractivity contribution < 1.29 is 37.0 Å². The number of amides is 1. The molecule has 0 aromatic heterocycles. The van der Waals surface area contributed by atoms with Gasteiger partial charge in [0, 0.05) is 12.6 Å². The van der Waals surface area contributed by atoms with Gasteiger partial charge in [-0.2, -0.15) is 8.78 Å². The summed E-state index contributed by atoms with van der Waals surface area (Å²) < 4.78 is 57.3. The highest BCUT2D eigenvalue weighted by atomic mass is 19.3. The molecule has 0 aliphatic carbocycles. The molecule has 0 fully saturated rings. The number of esters is 1. The number of halogens is 3. The molecule has 1 unspecified atom stereocenters. The van der Waals surface area contributed by atoms with Gasteiger partial charge in [0.15, 0.2) is 0 Å². The van der Waals surface area contributed by atoms with Crippen LogP contribution in [0.25, 0.3) is 0 Å². The lowest BCUT2D eigenvalue weighted by atomic mass is 9.98. The van der Waals surface area contributed by atoms with Crippen molar-refractivity contribution in [3.8, 4) is 5.75 Å². The average Bonchev–Trinajstić information content (AvgIpc) is 2.71. The van der Waals surface area contributed by atoms with Crippen LogP contribution in [0.15, 0.2) is 48.5 Å². The van der Waals surface area contributed by atoms with Gasteiger partial charge in [-0.15, -0.1) is 0 Å². The SMILES string of the molecule is CCOC(=O)C(F)(F)C(OC(=O)NC)c1ccccc1COc1ccc(F)cc1. The Hall–Kier alpha value is -3.23. The fourth-order valence-electron chi connectivity index (χ4n) is 2.45. The Balaban J connectivity index is 2.36. The molecule has 0 bridgehead atoms. The van der Waals surface area contributed by atoms with Crippen LogP contribution in [0.1, 0.15) is 24.2 Å². The molecule has 2 aromatic rings. The monoisotopic (exact) mass is 411 g/mol. The fourth-order valence-corrected chi connectivity index (χ4v) is 2.45. The lowest BCUT2D eigenvalue weighted by Gasteiger charge is -2.26. The number of carbonyl (C=O) groups excluding carboxylic acids is 2. The summed E-state index contributed by atoms with van der Waals surface area (Å²) in [5.41, 5.74) is 0.117. The lowest BCUT2D eigenvalue weighted by Crippen LogP contribution is -2.41. The Labute approximate surface area is 165 Å². The van der Waals surface area contributed by atoms with Crippen LogP contribution in [0.3, 0.4) is 0 Å². The van der Waals surface area contributed by atoms with Crippen LogP contribution in [-0.4, -0.2) is 31.6 Å². The third kappa shape index (κ3) is 5.63. The molecule has 1 amide bonds. The molecule has 6 nitrogen and oxygen atoms in total. The highest BCUT2D eigenvalue weighted by molar-refractivity contribution is 5.79. The molecule has 0 radical (unpaired) electrons. The van der Waals surface area contributed by atoms with Crippen molar-refractivity contribution in [2.24, 2.45) is 0 Å². The Morgan fingerprint density at radius 2 is 1.76 bits per heavy atom. The first-order valence-electron chi connectivity index (χ1n) is 8.69. The number of rotatable bonds is 8. The molecule has 2 aromatic carbocycles. The predicted octanol–water partition coefficient (Wildman–Crippen LogP) is 4.00. The average molecular weight is 411 g/mol. The number of nitrogens with one attached hydrogen (secondary N) is 1. The molecule has 156 valence electrons. The molecule has 0 saturated carbocycles. The minimum Gasteiger partial charge on any atom is -0.489 e. The van der Waals surface area contributed by atoms with Crippen molar-refractivity contribution in [1.82, 2.24) is 5.32 Å². The summed E-state index contributed by atoms with van der Waals surface area (Å²) in [6, 6.07) is 10.9. The number of hydrogen-bond acceptors (Lipinski definition) is 5. The summed E-state index contributed by atoms with van der Waals surface area (Å²) in [4.78, 5) is 23.5. The van der Waals surface area contributed by atoms with Crippen LogP contribution in [0.5, 0.6) is 5.75 Å². The van der Waals surface area contributed by atoms with E-state index in [1.165, 1.54) is 56.4 Å². The van der Waals surface area contributed by atoms with Crippen LogP contribution in [-0.2, 0) is 20.9 Å². The second-order valence-corrected chi connectivity index (χ2v) is 5.82. The minimum absolute atomic E-state index is 0.128. The first-order chi connectivity index (χ1) is 13.8. The van der Waals surface area contributed by atoms with Crippen molar-refractivity contribution >= 4 is 12.1 Å². The molecule has 1 N–H and O–H groups in total. The van der Waals surface area contributed by atoms with Crippen LogP contribution in [0, 0.1) is 5.82 Å². The first kappa shape index (κ1) is 22.1. The van der Waals surface area contributed by atoms with Gasteiger partial charge in [0.2, 0.25) is 6.10 Å². The zero-order valence-electron chi connectivity index (χ0n) is 15.8. The van der Waals surface area contributed by atoms with E-state index in [9.17, 15) is 22.8 Å². The molecule has 2 rings (SSSR count). The van der Waals surface area contributed by atoms with E-state index in [1.807, 2.05) is 0 Å². The number of carbonyl (C=O) groups is 2. The maximum Gasteiger partial charge on any atom is 0.407 e. The molecular formula is C20H20F3NO5. The number of ether oxygens (including phenoxy) is 3. The smallest absolute Gasteiger partial charge is 0.407 e. The van der Waals surface area contributed by atoms with Crippen molar-refractivity contribution in [3.05, 3.63) is 65.5 Å². The fraction of sp³-hybridized carbons (Fsp3) is 0.300. The summed E-state index contributed by atoms with van der Waals surface area (Å²) in [5.74, 6) is -6.11. The zero-order valence-corrected chi connectivity index (χ0v) is 15.8. The van der Waals surface area contributed by atoms with Crippen molar-refractivity contribution in [1.29, 1.82) is 0 Å². The summed E-state index contributed by atoms with van der Waals surface area (Å²) in [7, 11) is 1.20. The summed E-state index contributed by atoms with van der Waals surface area (Å²) in [5, 5.41) is 2.08. The van der Waals surface area contributed by atoms with E-state index in [2.05, 4.69) is 10.1 Å². The molecule has 0 aliphatic rings. The van der Waals surface area contributed by atoms with Gasteiger partial charge in [-0.1, -0.05) is 24.3 Å². The Morgan fingerprint density at radius 1 is 1.10 bits per heavy atom. The van der Waals surface area contributed by atoms with Gasteiger partial charge in [-0.05, 0) is 36.8 Å². The largest absolute Gasteiger partial charge is 0.489 e. The topological polar surface area (TPSA) is 73.9 Å². The van der Waals surface area contributed by atoms with Crippen LogP contribution in [0.2, 0.25) is 0 Å². The maximum atomic E-state index is 14.8.